The molecule has 3 aromatic rings. The van der Waals surface area contributed by atoms with Gasteiger partial charge in [0.2, 0.25) is 5.95 Å². The van der Waals surface area contributed by atoms with Crippen LogP contribution in [0.4, 0.5) is 5.95 Å². The summed E-state index contributed by atoms with van der Waals surface area (Å²) >= 11 is 1.38. The zero-order valence-corrected chi connectivity index (χ0v) is 21.7. The highest BCUT2D eigenvalue weighted by Crippen LogP contribution is 2.38. The van der Waals surface area contributed by atoms with Crippen molar-refractivity contribution in [1.29, 1.82) is 0 Å². The fourth-order valence-electron chi connectivity index (χ4n) is 4.08. The number of nitrogens with one attached hydrogen (secondary N) is 1. The summed E-state index contributed by atoms with van der Waals surface area (Å²) in [5, 5.41) is 19.6. The number of aromatic nitrogens is 5. The Kier molecular flexibility index (Phi) is 7.03. The molecule has 0 amide bonds. The second-order valence-electron chi connectivity index (χ2n) is 8.47. The summed E-state index contributed by atoms with van der Waals surface area (Å²) in [6, 6.07) is 5.06. The molecule has 0 bridgehead atoms. The normalized spacial score (nSPS) is 15.7. The van der Waals surface area contributed by atoms with Crippen LogP contribution in [0.5, 0.6) is 11.5 Å². The van der Waals surface area contributed by atoms with Gasteiger partial charge in [0.25, 0.3) is 0 Å². The van der Waals surface area contributed by atoms with Gasteiger partial charge in [-0.1, -0.05) is 11.8 Å². The molecule has 2 unspecified atom stereocenters. The predicted octanol–water partition coefficient (Wildman–Crippen LogP) is 4.30. The van der Waals surface area contributed by atoms with E-state index in [2.05, 4.69) is 36.3 Å². The van der Waals surface area contributed by atoms with Crippen molar-refractivity contribution in [1.82, 2.24) is 24.7 Å². The lowest BCUT2D eigenvalue weighted by Gasteiger charge is -2.21. The Morgan fingerprint density at radius 2 is 2.00 bits per heavy atom. The number of hydrogen-bond donors (Lipinski definition) is 2. The van der Waals surface area contributed by atoms with Crippen LogP contribution in [0.25, 0.3) is 11.3 Å². The van der Waals surface area contributed by atoms with Crippen LogP contribution in [0.3, 0.4) is 0 Å². The van der Waals surface area contributed by atoms with E-state index in [0.717, 1.165) is 17.6 Å². The van der Waals surface area contributed by atoms with Crippen molar-refractivity contribution in [2.75, 3.05) is 25.5 Å². The number of para-hydroxylation sites is 1. The molecule has 190 valence electrons. The quantitative estimate of drug-likeness (QED) is 0.314. The number of benzene rings is 1. The molecule has 2 atom stereocenters. The predicted molar refractivity (Wildman–Crippen MR) is 139 cm³/mol. The summed E-state index contributed by atoms with van der Waals surface area (Å²) < 4.78 is 21.8. The fourth-order valence-corrected chi connectivity index (χ4v) is 4.86. The SMILES string of the molecule is COc1cccc(O)c1-n1c(NSC(C)C(OC)c2ncc(C)cn2)nnc1C1=C=C=C2OCCC2=C1. The summed E-state index contributed by atoms with van der Waals surface area (Å²) in [7, 11) is 3.17. The van der Waals surface area contributed by atoms with Gasteiger partial charge in [0.05, 0.1) is 24.5 Å². The molecule has 1 saturated heterocycles. The van der Waals surface area contributed by atoms with Crippen molar-refractivity contribution in [2.45, 2.75) is 31.6 Å². The van der Waals surface area contributed by atoms with Gasteiger partial charge in [-0.05, 0) is 55.3 Å². The maximum absolute atomic E-state index is 10.9. The molecule has 2 aromatic heterocycles. The molecule has 1 aromatic carbocycles. The molecule has 5 rings (SSSR count). The lowest BCUT2D eigenvalue weighted by molar-refractivity contribution is 0.0972. The van der Waals surface area contributed by atoms with Gasteiger partial charge in [0, 0.05) is 31.5 Å². The summed E-state index contributed by atoms with van der Waals surface area (Å²) in [5.74, 6) is 2.60. The fraction of sp³-hybridized carbons (Fsp3) is 0.308. The molecule has 3 heterocycles. The van der Waals surface area contributed by atoms with E-state index >= 15 is 0 Å². The molecule has 1 aliphatic heterocycles. The third-order valence-corrected chi connectivity index (χ3v) is 6.86. The van der Waals surface area contributed by atoms with Gasteiger partial charge in [-0.15, -0.1) is 10.2 Å². The first-order chi connectivity index (χ1) is 18.0. The van der Waals surface area contributed by atoms with E-state index in [9.17, 15) is 5.11 Å². The molecule has 1 fully saturated rings. The van der Waals surface area contributed by atoms with Crippen LogP contribution in [-0.4, -0.2) is 55.9 Å². The number of methoxy groups -OCH3 is 2. The molecule has 0 saturated carbocycles. The number of anilines is 1. The van der Waals surface area contributed by atoms with Crippen molar-refractivity contribution in [3.05, 3.63) is 76.7 Å². The average molecular weight is 519 g/mol. The average Bonchev–Trinajstić information content (AvgIpc) is 3.55. The van der Waals surface area contributed by atoms with Gasteiger partial charge in [-0.2, -0.15) is 0 Å². The first-order valence-corrected chi connectivity index (χ1v) is 12.5. The third-order valence-electron chi connectivity index (χ3n) is 5.94. The molecular weight excluding hydrogens is 492 g/mol. The van der Waals surface area contributed by atoms with Crippen LogP contribution in [0, 0.1) is 6.92 Å². The largest absolute Gasteiger partial charge is 0.506 e. The van der Waals surface area contributed by atoms with Crippen LogP contribution >= 0.6 is 11.9 Å². The number of phenols is 1. The number of nitrogens with zero attached hydrogens (tertiary/aromatic N) is 5. The standard InChI is InChI=1S/C26H26N6O4S/c1-15-13-27-24(28-14-15)23(35-4)16(2)37-31-26-30-29-25(18-8-9-20-17(12-18)10-11-36-20)32(26)22-19(33)6-5-7-21(22)34-3/h5-7,12-14,16,23,33H,10-11H2,1-4H3,(H,30,31). The Morgan fingerprint density at radius 1 is 1.19 bits per heavy atom. The molecular formula is C26H26N6O4S. The Balaban J connectivity index is 1.52. The van der Waals surface area contributed by atoms with E-state index in [0.29, 0.717) is 47.0 Å². The maximum Gasteiger partial charge on any atom is 0.239 e. The summed E-state index contributed by atoms with van der Waals surface area (Å²) in [6.45, 7) is 4.54. The Labute approximate surface area is 218 Å². The van der Waals surface area contributed by atoms with Crippen molar-refractivity contribution < 1.29 is 19.3 Å². The summed E-state index contributed by atoms with van der Waals surface area (Å²) in [5.41, 5.74) is 9.24. The number of allylic oxidation sites excluding steroid dienone is 3. The van der Waals surface area contributed by atoms with Gasteiger partial charge >= 0.3 is 0 Å². The number of aryl methyl sites for hydroxylation is 1. The van der Waals surface area contributed by atoms with E-state index in [4.69, 9.17) is 14.2 Å². The van der Waals surface area contributed by atoms with E-state index in [1.165, 1.54) is 11.9 Å². The van der Waals surface area contributed by atoms with Crippen LogP contribution in [0.2, 0.25) is 0 Å². The molecule has 0 spiro atoms. The minimum Gasteiger partial charge on any atom is -0.506 e. The van der Waals surface area contributed by atoms with Crippen LogP contribution in [0.1, 0.15) is 36.7 Å². The summed E-state index contributed by atoms with van der Waals surface area (Å²) in [4.78, 5) is 8.84. The monoisotopic (exact) mass is 518 g/mol. The smallest absolute Gasteiger partial charge is 0.239 e. The number of fused-ring (bicyclic) bond motifs is 1. The zero-order valence-electron chi connectivity index (χ0n) is 20.8. The first-order valence-electron chi connectivity index (χ1n) is 11.6. The molecule has 2 aliphatic rings. The molecule has 0 radical (unpaired) electrons. The van der Waals surface area contributed by atoms with Crippen LogP contribution in [-0.2, 0) is 9.47 Å². The van der Waals surface area contributed by atoms with Gasteiger partial charge in [0.1, 0.15) is 23.3 Å². The number of rotatable bonds is 9. The maximum atomic E-state index is 10.9. The highest BCUT2D eigenvalue weighted by Gasteiger charge is 2.27. The van der Waals surface area contributed by atoms with Crippen LogP contribution in [0.15, 0.2) is 59.5 Å². The van der Waals surface area contributed by atoms with E-state index < -0.39 is 0 Å². The Morgan fingerprint density at radius 3 is 2.76 bits per heavy atom. The van der Waals surface area contributed by atoms with Crippen molar-refractivity contribution in [3.63, 3.8) is 0 Å². The van der Waals surface area contributed by atoms with E-state index in [1.807, 2.05) is 19.9 Å². The van der Waals surface area contributed by atoms with E-state index in [1.54, 1.807) is 49.4 Å². The highest BCUT2D eigenvalue weighted by molar-refractivity contribution is 8.01. The number of phenolic OH excluding ortho intramolecular Hbond substituents is 1. The van der Waals surface area contributed by atoms with Crippen molar-refractivity contribution in [2.24, 2.45) is 0 Å². The third kappa shape index (κ3) is 4.85. The van der Waals surface area contributed by atoms with Crippen molar-refractivity contribution in [3.8, 4) is 17.2 Å². The molecule has 2 N–H and O–H groups in total. The molecule has 11 heteroatoms. The molecule has 1 aliphatic carbocycles. The molecule has 37 heavy (non-hydrogen) atoms. The lowest BCUT2D eigenvalue weighted by Crippen LogP contribution is -2.19. The van der Waals surface area contributed by atoms with E-state index in [-0.39, 0.29) is 17.1 Å². The summed E-state index contributed by atoms with van der Waals surface area (Å²) in [6.07, 6.45) is 5.90. The number of ether oxygens (including phenoxy) is 3. The number of aromatic hydroxyl groups is 1. The second-order valence-corrected chi connectivity index (χ2v) is 9.65. The Bertz CT molecular complexity index is 1450. The zero-order chi connectivity index (χ0) is 25.9. The van der Waals surface area contributed by atoms with Gasteiger partial charge in [0.15, 0.2) is 17.4 Å². The lowest BCUT2D eigenvalue weighted by atomic mass is 10.1. The first kappa shape index (κ1) is 24.7. The van der Waals surface area contributed by atoms with Crippen molar-refractivity contribution >= 4 is 23.5 Å². The second kappa shape index (κ2) is 10.5. The topological polar surface area (TPSA) is 116 Å². The highest BCUT2D eigenvalue weighted by atomic mass is 32.2. The van der Waals surface area contributed by atoms with Gasteiger partial charge in [-0.25, -0.2) is 9.97 Å². The number of hydrogen-bond acceptors (Lipinski definition) is 10. The van der Waals surface area contributed by atoms with Crippen LogP contribution < -0.4 is 9.46 Å². The Hall–Kier alpha value is -4.01. The van der Waals surface area contributed by atoms with Gasteiger partial charge in [-0.3, -0.25) is 9.29 Å². The molecule has 10 nitrogen and oxygen atoms in total. The minimum atomic E-state index is -0.367. The minimum absolute atomic E-state index is 0.0118. The van der Waals surface area contributed by atoms with Gasteiger partial charge < -0.3 is 19.3 Å².